The number of rotatable bonds is 7. The van der Waals surface area contributed by atoms with Crippen LogP contribution in [0.4, 0.5) is 5.13 Å². The lowest BCUT2D eigenvalue weighted by Crippen LogP contribution is -2.04. The van der Waals surface area contributed by atoms with Gasteiger partial charge < -0.3 is 10.4 Å². The Morgan fingerprint density at radius 1 is 1.10 bits per heavy atom. The van der Waals surface area contributed by atoms with Crippen LogP contribution in [0.25, 0.3) is 12.2 Å². The minimum Gasteiger partial charge on any atom is -0.478 e. The van der Waals surface area contributed by atoms with Crippen molar-refractivity contribution in [3.05, 3.63) is 75.8 Å². The van der Waals surface area contributed by atoms with Crippen molar-refractivity contribution in [2.75, 3.05) is 11.6 Å². The average molecular weight is 425 g/mol. The number of amides is 1. The van der Waals surface area contributed by atoms with Crippen LogP contribution < -0.4 is 5.32 Å². The van der Waals surface area contributed by atoms with Gasteiger partial charge in [0.15, 0.2) is 5.13 Å². The summed E-state index contributed by atoms with van der Waals surface area (Å²) in [5.41, 5.74) is 3.08. The summed E-state index contributed by atoms with van der Waals surface area (Å²) in [5, 5.41) is 12.3. The Kier molecular flexibility index (Phi) is 6.85. The molecule has 0 aliphatic heterocycles. The van der Waals surface area contributed by atoms with Crippen LogP contribution in [0.3, 0.4) is 0 Å². The molecule has 148 valence electrons. The number of carboxylic acids is 1. The molecule has 1 aromatic heterocycles. The summed E-state index contributed by atoms with van der Waals surface area (Å²) in [6.45, 7) is 1.46. The molecule has 0 saturated heterocycles. The molecule has 5 nitrogen and oxygen atoms in total. The quantitative estimate of drug-likeness (QED) is 0.504. The summed E-state index contributed by atoms with van der Waals surface area (Å²) in [6, 6.07) is 15.0. The van der Waals surface area contributed by atoms with E-state index in [0.717, 1.165) is 16.1 Å². The Labute approximate surface area is 177 Å². The molecule has 7 heteroatoms. The number of hydrogen-bond donors (Lipinski definition) is 2. The third kappa shape index (κ3) is 5.79. The van der Waals surface area contributed by atoms with Crippen LogP contribution in [0.15, 0.2) is 53.4 Å². The lowest BCUT2D eigenvalue weighted by atomic mass is 10.1. The summed E-state index contributed by atoms with van der Waals surface area (Å²) >= 11 is 3.16. The summed E-state index contributed by atoms with van der Waals surface area (Å²) in [7, 11) is 0. The summed E-state index contributed by atoms with van der Waals surface area (Å²) in [4.78, 5) is 29.2. The number of hydrogen-bond acceptors (Lipinski definition) is 5. The van der Waals surface area contributed by atoms with Gasteiger partial charge in [-0.3, -0.25) is 4.79 Å². The molecule has 0 bridgehead atoms. The molecular weight excluding hydrogens is 404 g/mol. The molecule has 0 saturated carbocycles. The molecule has 0 unspecified atom stereocenters. The first kappa shape index (κ1) is 20.8. The van der Waals surface area contributed by atoms with Gasteiger partial charge in [-0.25, -0.2) is 9.78 Å². The van der Waals surface area contributed by atoms with Gasteiger partial charge in [-0.1, -0.05) is 30.3 Å². The molecule has 29 heavy (non-hydrogen) atoms. The Balaban J connectivity index is 1.85. The number of benzene rings is 2. The van der Waals surface area contributed by atoms with E-state index in [9.17, 15) is 9.59 Å². The minimum atomic E-state index is -0.949. The highest BCUT2D eigenvalue weighted by Crippen LogP contribution is 2.28. The molecule has 1 amide bonds. The monoisotopic (exact) mass is 424 g/mol. The fraction of sp³-hybridized carbons (Fsp3) is 0.136. The van der Waals surface area contributed by atoms with E-state index in [1.165, 1.54) is 28.7 Å². The van der Waals surface area contributed by atoms with Crippen LogP contribution in [-0.4, -0.2) is 28.2 Å². The summed E-state index contributed by atoms with van der Waals surface area (Å²) < 4.78 is 0. The van der Waals surface area contributed by atoms with E-state index in [2.05, 4.69) is 34.6 Å². The van der Waals surface area contributed by atoms with Crippen LogP contribution in [-0.2, 0) is 11.2 Å². The third-order valence-electron chi connectivity index (χ3n) is 4.13. The standard InChI is InChI=1S/C22H20N2O3S2/c1-14(25)23-22-24-19(12-7-15-3-8-17(9-4-15)21(26)27)20(29-22)13-16-5-10-18(28-2)11-6-16/h3-12H,13H2,1-2H3,(H,26,27)(H,23,24,25)/b12-7-. The first-order valence-electron chi connectivity index (χ1n) is 8.86. The van der Waals surface area contributed by atoms with Gasteiger partial charge in [0.2, 0.25) is 5.91 Å². The van der Waals surface area contributed by atoms with Gasteiger partial charge in [-0.2, -0.15) is 0 Å². The molecule has 0 radical (unpaired) electrons. The van der Waals surface area contributed by atoms with E-state index in [1.54, 1.807) is 36.0 Å². The van der Waals surface area contributed by atoms with E-state index < -0.39 is 5.97 Å². The smallest absolute Gasteiger partial charge is 0.335 e. The Morgan fingerprint density at radius 2 is 1.79 bits per heavy atom. The van der Waals surface area contributed by atoms with Crippen LogP contribution in [0.2, 0.25) is 0 Å². The van der Waals surface area contributed by atoms with E-state index >= 15 is 0 Å². The first-order chi connectivity index (χ1) is 13.9. The van der Waals surface area contributed by atoms with Crippen molar-refractivity contribution in [1.29, 1.82) is 0 Å². The predicted molar refractivity (Wildman–Crippen MR) is 120 cm³/mol. The topological polar surface area (TPSA) is 79.3 Å². The number of carbonyl (C=O) groups is 2. The normalized spacial score (nSPS) is 11.0. The van der Waals surface area contributed by atoms with Gasteiger partial charge in [0.05, 0.1) is 11.3 Å². The lowest BCUT2D eigenvalue weighted by Gasteiger charge is -2.02. The maximum absolute atomic E-state index is 11.4. The molecule has 1 heterocycles. The van der Waals surface area contributed by atoms with E-state index in [1.807, 2.05) is 18.4 Å². The number of carboxylic acid groups (broad SMARTS) is 1. The second-order valence-corrected chi connectivity index (χ2v) is 8.26. The number of aromatic carboxylic acids is 1. The SMILES string of the molecule is CSc1ccc(Cc2sc(NC(C)=O)nc2/C=C\c2ccc(C(=O)O)cc2)cc1. The van der Waals surface area contributed by atoms with Crippen molar-refractivity contribution in [2.24, 2.45) is 0 Å². The molecule has 0 aliphatic carbocycles. The van der Waals surface area contributed by atoms with Gasteiger partial charge in [-0.15, -0.1) is 23.1 Å². The Bertz CT molecular complexity index is 1040. The summed E-state index contributed by atoms with van der Waals surface area (Å²) in [5.74, 6) is -1.11. The fourth-order valence-electron chi connectivity index (χ4n) is 2.67. The minimum absolute atomic E-state index is 0.158. The summed E-state index contributed by atoms with van der Waals surface area (Å²) in [6.07, 6.45) is 6.54. The first-order valence-corrected chi connectivity index (χ1v) is 10.9. The largest absolute Gasteiger partial charge is 0.478 e. The number of anilines is 1. The number of thioether (sulfide) groups is 1. The van der Waals surface area contributed by atoms with Crippen LogP contribution in [0.5, 0.6) is 0 Å². The van der Waals surface area contributed by atoms with E-state index in [-0.39, 0.29) is 11.5 Å². The zero-order chi connectivity index (χ0) is 20.8. The molecule has 2 aromatic carbocycles. The fourth-order valence-corrected chi connectivity index (χ4v) is 4.10. The maximum atomic E-state index is 11.4. The van der Waals surface area contributed by atoms with Gasteiger partial charge in [-0.05, 0) is 47.7 Å². The second kappa shape index (κ2) is 9.54. The Hall–Kier alpha value is -2.90. The van der Waals surface area contributed by atoms with Gasteiger partial charge in [0, 0.05) is 23.1 Å². The van der Waals surface area contributed by atoms with Crippen molar-refractivity contribution in [3.63, 3.8) is 0 Å². The van der Waals surface area contributed by atoms with Crippen molar-refractivity contribution >= 4 is 52.3 Å². The van der Waals surface area contributed by atoms with Crippen LogP contribution in [0, 0.1) is 0 Å². The Morgan fingerprint density at radius 3 is 2.38 bits per heavy atom. The number of carbonyl (C=O) groups excluding carboxylic acids is 1. The van der Waals surface area contributed by atoms with Gasteiger partial charge in [0.25, 0.3) is 0 Å². The molecule has 0 fully saturated rings. The predicted octanol–water partition coefficient (Wildman–Crippen LogP) is 5.28. The van der Waals surface area contributed by atoms with E-state index in [0.29, 0.717) is 11.6 Å². The molecule has 3 aromatic rings. The molecule has 0 atom stereocenters. The van der Waals surface area contributed by atoms with E-state index in [4.69, 9.17) is 5.11 Å². The molecule has 3 rings (SSSR count). The average Bonchev–Trinajstić information content (AvgIpc) is 3.07. The van der Waals surface area contributed by atoms with Crippen molar-refractivity contribution in [2.45, 2.75) is 18.2 Å². The number of nitrogens with zero attached hydrogens (tertiary/aromatic N) is 1. The van der Waals surface area contributed by atoms with Crippen molar-refractivity contribution < 1.29 is 14.7 Å². The van der Waals surface area contributed by atoms with Crippen LogP contribution in [0.1, 0.15) is 39.0 Å². The van der Waals surface area contributed by atoms with Gasteiger partial charge in [0.1, 0.15) is 0 Å². The van der Waals surface area contributed by atoms with Crippen LogP contribution >= 0.6 is 23.1 Å². The highest BCUT2D eigenvalue weighted by molar-refractivity contribution is 7.98. The van der Waals surface area contributed by atoms with Crippen molar-refractivity contribution in [3.8, 4) is 0 Å². The molecule has 0 spiro atoms. The number of aromatic nitrogens is 1. The molecular formula is C22H20N2O3S2. The highest BCUT2D eigenvalue weighted by atomic mass is 32.2. The number of thiazole rings is 1. The molecule has 2 N–H and O–H groups in total. The van der Waals surface area contributed by atoms with Crippen molar-refractivity contribution in [1.82, 2.24) is 4.98 Å². The second-order valence-electron chi connectivity index (χ2n) is 6.29. The number of nitrogens with one attached hydrogen (secondary N) is 1. The van der Waals surface area contributed by atoms with Gasteiger partial charge >= 0.3 is 5.97 Å². The lowest BCUT2D eigenvalue weighted by molar-refractivity contribution is -0.114. The zero-order valence-corrected chi connectivity index (χ0v) is 17.6. The maximum Gasteiger partial charge on any atom is 0.335 e. The third-order valence-corrected chi connectivity index (χ3v) is 5.86. The molecule has 0 aliphatic rings. The zero-order valence-electron chi connectivity index (χ0n) is 16.0. The highest BCUT2D eigenvalue weighted by Gasteiger charge is 2.11.